The first-order chi connectivity index (χ1) is 9.45. The highest BCUT2D eigenvalue weighted by Gasteiger charge is 2.29. The molecule has 2 amide bonds. The van der Waals surface area contributed by atoms with Gasteiger partial charge in [-0.1, -0.05) is 12.1 Å². The second-order valence-corrected chi connectivity index (χ2v) is 3.95. The van der Waals surface area contributed by atoms with E-state index in [2.05, 4.69) is 16.7 Å². The number of carbonyl (C=O) groups excluding carboxylic acids is 1. The molecule has 0 heterocycles. The van der Waals surface area contributed by atoms with Gasteiger partial charge in [-0.15, -0.1) is 0 Å². The first kappa shape index (κ1) is 13.9. The molecular weight excluding hydrogens is 269 g/mol. The maximum Gasteiger partial charge on any atom is 0.416 e. The fourth-order valence-corrected chi connectivity index (χ4v) is 1.51. The smallest absolute Gasteiger partial charge is 0.308 e. The van der Waals surface area contributed by atoms with Gasteiger partial charge in [0, 0.05) is 11.4 Å². The van der Waals surface area contributed by atoms with Gasteiger partial charge in [-0.25, -0.2) is 4.79 Å². The van der Waals surface area contributed by atoms with Gasteiger partial charge in [0.1, 0.15) is 0 Å². The molecule has 2 N–H and O–H groups in total. The van der Waals surface area contributed by atoms with Crippen molar-refractivity contribution >= 4 is 17.4 Å². The highest BCUT2D eigenvalue weighted by molar-refractivity contribution is 5.99. The molecule has 2 aromatic rings. The maximum absolute atomic E-state index is 12.4. The van der Waals surface area contributed by atoms with E-state index >= 15 is 0 Å². The zero-order valence-corrected chi connectivity index (χ0v) is 10.2. The summed E-state index contributed by atoms with van der Waals surface area (Å²) in [5.41, 5.74) is 0.0495. The predicted octanol–water partition coefficient (Wildman–Crippen LogP) is 4.15. The summed E-state index contributed by atoms with van der Waals surface area (Å²) >= 11 is 0. The fourth-order valence-electron chi connectivity index (χ4n) is 1.51. The van der Waals surface area contributed by atoms with Crippen molar-refractivity contribution in [3.05, 3.63) is 60.2 Å². The lowest BCUT2D eigenvalue weighted by molar-refractivity contribution is -0.137. The van der Waals surface area contributed by atoms with E-state index < -0.39 is 17.8 Å². The van der Waals surface area contributed by atoms with E-state index in [0.29, 0.717) is 5.69 Å². The van der Waals surface area contributed by atoms with E-state index in [-0.39, 0.29) is 5.69 Å². The minimum atomic E-state index is -4.39. The monoisotopic (exact) mass is 279 g/mol. The standard InChI is InChI=1S/C14H10F3N2O/c15-14(16,17)10-6-8-12(9-7-10)19-13(20)18-11-4-2-1-3-5-11/h1-2,4-9H,(H2,18,19,20). The summed E-state index contributed by atoms with van der Waals surface area (Å²) in [6.45, 7) is 0. The summed E-state index contributed by atoms with van der Waals surface area (Å²) in [6, 6.07) is 13.1. The number of rotatable bonds is 2. The van der Waals surface area contributed by atoms with E-state index in [1.807, 2.05) is 0 Å². The largest absolute Gasteiger partial charge is 0.416 e. The van der Waals surface area contributed by atoms with E-state index in [1.165, 1.54) is 12.1 Å². The molecule has 2 aromatic carbocycles. The Morgan fingerprint density at radius 1 is 1.00 bits per heavy atom. The molecule has 20 heavy (non-hydrogen) atoms. The second-order valence-electron chi connectivity index (χ2n) is 3.95. The molecule has 2 rings (SSSR count). The van der Waals surface area contributed by atoms with Crippen molar-refractivity contribution in [3.63, 3.8) is 0 Å². The Morgan fingerprint density at radius 3 is 2.20 bits per heavy atom. The van der Waals surface area contributed by atoms with Crippen molar-refractivity contribution in [2.45, 2.75) is 6.18 Å². The van der Waals surface area contributed by atoms with Crippen LogP contribution in [0.15, 0.2) is 48.5 Å². The molecule has 103 valence electrons. The summed E-state index contributed by atoms with van der Waals surface area (Å²) in [5, 5.41) is 4.97. The van der Waals surface area contributed by atoms with Crippen molar-refractivity contribution < 1.29 is 18.0 Å². The van der Waals surface area contributed by atoms with E-state index in [9.17, 15) is 18.0 Å². The van der Waals surface area contributed by atoms with Gasteiger partial charge in [-0.3, -0.25) is 0 Å². The van der Waals surface area contributed by atoms with Crippen LogP contribution >= 0.6 is 0 Å². The number of amides is 2. The van der Waals surface area contributed by atoms with Crippen LogP contribution in [0.25, 0.3) is 0 Å². The van der Waals surface area contributed by atoms with Gasteiger partial charge in [0.05, 0.1) is 5.56 Å². The van der Waals surface area contributed by atoms with Gasteiger partial charge in [-0.05, 0) is 42.5 Å². The minimum absolute atomic E-state index is 0.274. The molecular formula is C14H10F3N2O. The van der Waals surface area contributed by atoms with Crippen LogP contribution in [0.3, 0.4) is 0 Å². The van der Waals surface area contributed by atoms with Crippen LogP contribution < -0.4 is 10.6 Å². The molecule has 0 unspecified atom stereocenters. The number of halogens is 3. The lowest BCUT2D eigenvalue weighted by Gasteiger charge is -2.09. The minimum Gasteiger partial charge on any atom is -0.308 e. The van der Waals surface area contributed by atoms with E-state index in [1.54, 1.807) is 24.3 Å². The number of urea groups is 1. The van der Waals surface area contributed by atoms with Crippen LogP contribution in [0.5, 0.6) is 0 Å². The average Bonchev–Trinajstić information content (AvgIpc) is 2.39. The fraction of sp³-hybridized carbons (Fsp3) is 0.0714. The van der Waals surface area contributed by atoms with Crippen LogP contribution in [-0.2, 0) is 6.18 Å². The maximum atomic E-state index is 12.4. The predicted molar refractivity (Wildman–Crippen MR) is 69.4 cm³/mol. The Labute approximate surface area is 113 Å². The van der Waals surface area contributed by atoms with Gasteiger partial charge in [0.25, 0.3) is 0 Å². The molecule has 3 nitrogen and oxygen atoms in total. The van der Waals surface area contributed by atoms with Gasteiger partial charge >= 0.3 is 12.2 Å². The van der Waals surface area contributed by atoms with Crippen LogP contribution in [-0.4, -0.2) is 6.03 Å². The molecule has 0 spiro atoms. The second kappa shape index (κ2) is 5.64. The third-order valence-corrected chi connectivity index (χ3v) is 2.44. The van der Waals surface area contributed by atoms with Crippen molar-refractivity contribution in [1.82, 2.24) is 0 Å². The first-order valence-corrected chi connectivity index (χ1v) is 5.66. The number of benzene rings is 2. The molecule has 0 bridgehead atoms. The van der Waals surface area contributed by atoms with Crippen molar-refractivity contribution in [2.24, 2.45) is 0 Å². The zero-order valence-electron chi connectivity index (χ0n) is 10.2. The van der Waals surface area contributed by atoms with E-state index in [4.69, 9.17) is 0 Å². The summed E-state index contributed by atoms with van der Waals surface area (Å²) in [7, 11) is 0. The number of hydrogen-bond acceptors (Lipinski definition) is 1. The van der Waals surface area contributed by atoms with Crippen molar-refractivity contribution in [3.8, 4) is 0 Å². The number of anilines is 2. The molecule has 0 atom stereocenters. The number of nitrogens with one attached hydrogen (secondary N) is 2. The average molecular weight is 279 g/mol. The topological polar surface area (TPSA) is 41.1 Å². The number of carbonyl (C=O) groups is 1. The van der Waals surface area contributed by atoms with Crippen molar-refractivity contribution in [2.75, 3.05) is 10.6 Å². The van der Waals surface area contributed by atoms with Gasteiger partial charge in [-0.2, -0.15) is 13.2 Å². The quantitative estimate of drug-likeness (QED) is 0.851. The molecule has 0 aromatic heterocycles. The van der Waals surface area contributed by atoms with Crippen LogP contribution in [0, 0.1) is 6.07 Å². The third kappa shape index (κ3) is 3.74. The van der Waals surface area contributed by atoms with Gasteiger partial charge in [0.15, 0.2) is 0 Å². The Hall–Kier alpha value is -2.50. The van der Waals surface area contributed by atoms with Crippen LogP contribution in [0.2, 0.25) is 0 Å². The highest BCUT2D eigenvalue weighted by Crippen LogP contribution is 2.29. The third-order valence-electron chi connectivity index (χ3n) is 2.44. The summed E-state index contributed by atoms with van der Waals surface area (Å²) in [4.78, 5) is 11.6. The first-order valence-electron chi connectivity index (χ1n) is 5.66. The zero-order chi connectivity index (χ0) is 14.6. The van der Waals surface area contributed by atoms with Crippen LogP contribution in [0.1, 0.15) is 5.56 Å². The Morgan fingerprint density at radius 2 is 1.65 bits per heavy atom. The van der Waals surface area contributed by atoms with Gasteiger partial charge in [0.2, 0.25) is 0 Å². The Kier molecular flexibility index (Phi) is 3.93. The molecule has 1 radical (unpaired) electrons. The number of hydrogen-bond donors (Lipinski definition) is 2. The summed E-state index contributed by atoms with van der Waals surface area (Å²) < 4.78 is 37.1. The molecule has 0 saturated heterocycles. The molecule has 0 aliphatic heterocycles. The molecule has 0 aliphatic carbocycles. The lowest BCUT2D eigenvalue weighted by atomic mass is 10.2. The van der Waals surface area contributed by atoms with E-state index in [0.717, 1.165) is 12.1 Å². The summed E-state index contributed by atoms with van der Waals surface area (Å²) in [5.74, 6) is 0. The summed E-state index contributed by atoms with van der Waals surface area (Å²) in [6.07, 6.45) is -4.39. The lowest BCUT2D eigenvalue weighted by Crippen LogP contribution is -2.19. The molecule has 0 saturated carbocycles. The molecule has 0 aliphatic rings. The normalized spacial score (nSPS) is 10.9. The number of alkyl halides is 3. The van der Waals surface area contributed by atoms with Crippen LogP contribution in [0.4, 0.5) is 29.3 Å². The van der Waals surface area contributed by atoms with Crippen molar-refractivity contribution in [1.29, 1.82) is 0 Å². The van der Waals surface area contributed by atoms with Gasteiger partial charge < -0.3 is 10.6 Å². The Bertz CT molecular complexity index is 580. The molecule has 6 heteroatoms. The molecule has 0 fully saturated rings. The SMILES string of the molecule is O=C(Nc1c[c]ccc1)Nc1ccc(C(F)(F)F)cc1. The Balaban J connectivity index is 1.98. The highest BCUT2D eigenvalue weighted by atomic mass is 19.4.